The second-order valence-corrected chi connectivity index (χ2v) is 5.22. The van der Waals surface area contributed by atoms with Crippen LogP contribution >= 0.6 is 23.2 Å². The normalized spacial score (nSPS) is 10.9. The van der Waals surface area contributed by atoms with Gasteiger partial charge in [0.2, 0.25) is 0 Å². The van der Waals surface area contributed by atoms with Crippen molar-refractivity contribution in [1.82, 2.24) is 14.9 Å². The lowest BCUT2D eigenvalue weighted by Gasteiger charge is -2.10. The van der Waals surface area contributed by atoms with Gasteiger partial charge in [-0.1, -0.05) is 29.3 Å². The lowest BCUT2D eigenvalue weighted by molar-refractivity contribution is 0.199. The van der Waals surface area contributed by atoms with Gasteiger partial charge in [0.05, 0.1) is 19.7 Å². The zero-order valence-electron chi connectivity index (χ0n) is 11.3. The maximum Gasteiger partial charge on any atom is 0.122 e. The van der Waals surface area contributed by atoms with Crippen LogP contribution in [-0.4, -0.2) is 29.8 Å². The Morgan fingerprint density at radius 3 is 2.95 bits per heavy atom. The molecule has 0 atom stereocenters. The van der Waals surface area contributed by atoms with Gasteiger partial charge in [-0.15, -0.1) is 0 Å². The molecule has 0 saturated carbocycles. The number of hydrogen-bond acceptors (Lipinski definition) is 3. The molecule has 1 heterocycles. The topological polar surface area (TPSA) is 39.1 Å². The van der Waals surface area contributed by atoms with Crippen LogP contribution in [0.2, 0.25) is 10.0 Å². The van der Waals surface area contributed by atoms with E-state index in [4.69, 9.17) is 27.9 Å². The van der Waals surface area contributed by atoms with Gasteiger partial charge in [-0.25, -0.2) is 4.98 Å². The molecule has 0 saturated heterocycles. The molecule has 20 heavy (non-hydrogen) atoms. The molecular weight excluding hydrogens is 297 g/mol. The van der Waals surface area contributed by atoms with Crippen molar-refractivity contribution in [3.8, 4) is 0 Å². The minimum Gasteiger partial charge on any atom is -0.383 e. The summed E-state index contributed by atoms with van der Waals surface area (Å²) in [7, 11) is 1.69. The third-order valence-electron chi connectivity index (χ3n) is 2.92. The molecule has 1 aromatic carbocycles. The molecule has 0 fully saturated rings. The average molecular weight is 314 g/mol. The standard InChI is InChI=1S/C14H17Cl2N3O/c1-20-7-5-17-9-14-18-4-6-19(14)10-11-2-3-12(15)8-13(11)16/h2-4,6,8,17H,5,7,9-10H2,1H3. The Morgan fingerprint density at radius 2 is 2.20 bits per heavy atom. The van der Waals surface area contributed by atoms with Crippen molar-refractivity contribution < 1.29 is 4.74 Å². The van der Waals surface area contributed by atoms with Crippen LogP contribution in [-0.2, 0) is 17.8 Å². The van der Waals surface area contributed by atoms with Crippen LogP contribution in [0.15, 0.2) is 30.6 Å². The van der Waals surface area contributed by atoms with E-state index >= 15 is 0 Å². The summed E-state index contributed by atoms with van der Waals surface area (Å²) >= 11 is 12.1. The molecular formula is C14H17Cl2N3O. The molecule has 2 rings (SSSR count). The summed E-state index contributed by atoms with van der Waals surface area (Å²) in [5, 5.41) is 4.59. The van der Waals surface area contributed by atoms with Gasteiger partial charge in [-0.2, -0.15) is 0 Å². The molecule has 0 spiro atoms. The first-order valence-corrected chi connectivity index (χ1v) is 7.10. The Hall–Kier alpha value is -1.07. The molecule has 108 valence electrons. The van der Waals surface area contributed by atoms with Crippen LogP contribution < -0.4 is 5.32 Å². The van der Waals surface area contributed by atoms with Crippen LogP contribution in [0, 0.1) is 0 Å². The Kier molecular flexibility index (Phi) is 5.86. The van der Waals surface area contributed by atoms with Crippen molar-refractivity contribution in [2.45, 2.75) is 13.1 Å². The van der Waals surface area contributed by atoms with Gasteiger partial charge in [0.1, 0.15) is 5.82 Å². The van der Waals surface area contributed by atoms with Gasteiger partial charge >= 0.3 is 0 Å². The van der Waals surface area contributed by atoms with E-state index in [2.05, 4.69) is 14.9 Å². The summed E-state index contributed by atoms with van der Waals surface area (Å²) < 4.78 is 7.06. The highest BCUT2D eigenvalue weighted by Gasteiger charge is 2.06. The Labute approximate surface area is 128 Å². The summed E-state index contributed by atoms with van der Waals surface area (Å²) in [5.41, 5.74) is 1.02. The smallest absolute Gasteiger partial charge is 0.122 e. The molecule has 6 heteroatoms. The maximum absolute atomic E-state index is 6.19. The van der Waals surface area contributed by atoms with Gasteiger partial charge in [0.15, 0.2) is 0 Å². The maximum atomic E-state index is 6.19. The molecule has 0 unspecified atom stereocenters. The number of hydrogen-bond donors (Lipinski definition) is 1. The van der Waals surface area contributed by atoms with Crippen LogP contribution in [0.4, 0.5) is 0 Å². The quantitative estimate of drug-likeness (QED) is 0.799. The number of imidazole rings is 1. The van der Waals surface area contributed by atoms with Crippen molar-refractivity contribution in [1.29, 1.82) is 0 Å². The number of halogens is 2. The van der Waals surface area contributed by atoms with E-state index in [-0.39, 0.29) is 0 Å². The molecule has 0 bridgehead atoms. The van der Waals surface area contributed by atoms with Crippen LogP contribution in [0.1, 0.15) is 11.4 Å². The number of rotatable bonds is 7. The van der Waals surface area contributed by atoms with Crippen molar-refractivity contribution in [3.05, 3.63) is 52.0 Å². The van der Waals surface area contributed by atoms with Gasteiger partial charge < -0.3 is 14.6 Å². The van der Waals surface area contributed by atoms with Crippen molar-refractivity contribution in [3.63, 3.8) is 0 Å². The number of methoxy groups -OCH3 is 1. The van der Waals surface area contributed by atoms with E-state index < -0.39 is 0 Å². The van der Waals surface area contributed by atoms with E-state index in [0.717, 1.165) is 17.9 Å². The van der Waals surface area contributed by atoms with E-state index in [1.807, 2.05) is 18.3 Å². The lowest BCUT2D eigenvalue weighted by Crippen LogP contribution is -2.21. The van der Waals surface area contributed by atoms with E-state index in [1.165, 1.54) is 0 Å². The van der Waals surface area contributed by atoms with Crippen molar-refractivity contribution >= 4 is 23.2 Å². The van der Waals surface area contributed by atoms with Gasteiger partial charge in [0, 0.05) is 36.1 Å². The lowest BCUT2D eigenvalue weighted by atomic mass is 10.2. The van der Waals surface area contributed by atoms with Crippen molar-refractivity contribution in [2.75, 3.05) is 20.3 Å². The van der Waals surface area contributed by atoms with E-state index in [9.17, 15) is 0 Å². The number of nitrogens with zero attached hydrogens (tertiary/aromatic N) is 2. The Bertz CT molecular complexity index is 557. The summed E-state index contributed by atoms with van der Waals surface area (Å²) in [6.45, 7) is 2.85. The highest BCUT2D eigenvalue weighted by Crippen LogP contribution is 2.22. The molecule has 1 N–H and O–H groups in total. The fourth-order valence-electron chi connectivity index (χ4n) is 1.86. The molecule has 0 aliphatic rings. The zero-order valence-corrected chi connectivity index (χ0v) is 12.8. The van der Waals surface area contributed by atoms with Gasteiger partial charge in [-0.3, -0.25) is 0 Å². The molecule has 0 radical (unpaired) electrons. The average Bonchev–Trinajstić information content (AvgIpc) is 2.85. The summed E-state index contributed by atoms with van der Waals surface area (Å²) in [6, 6.07) is 5.54. The SMILES string of the molecule is COCCNCc1nccn1Cc1ccc(Cl)cc1Cl. The minimum absolute atomic E-state index is 0.644. The highest BCUT2D eigenvalue weighted by molar-refractivity contribution is 6.35. The van der Waals surface area contributed by atoms with E-state index in [0.29, 0.717) is 29.7 Å². The van der Waals surface area contributed by atoms with Crippen molar-refractivity contribution in [2.24, 2.45) is 0 Å². The number of nitrogens with one attached hydrogen (secondary N) is 1. The molecule has 2 aromatic rings. The van der Waals surface area contributed by atoms with Gasteiger partial charge in [-0.05, 0) is 17.7 Å². The Balaban J connectivity index is 2.01. The second kappa shape index (κ2) is 7.64. The van der Waals surface area contributed by atoms with E-state index in [1.54, 1.807) is 19.4 Å². The molecule has 1 aromatic heterocycles. The first kappa shape index (κ1) is 15.3. The number of ether oxygens (including phenoxy) is 1. The van der Waals surface area contributed by atoms with Crippen LogP contribution in [0.3, 0.4) is 0 Å². The highest BCUT2D eigenvalue weighted by atomic mass is 35.5. The third-order valence-corrected chi connectivity index (χ3v) is 3.51. The Morgan fingerprint density at radius 1 is 1.35 bits per heavy atom. The predicted molar refractivity (Wildman–Crippen MR) is 81.4 cm³/mol. The monoisotopic (exact) mass is 313 g/mol. The fraction of sp³-hybridized carbons (Fsp3) is 0.357. The predicted octanol–water partition coefficient (Wildman–Crippen LogP) is 2.97. The molecule has 0 amide bonds. The summed E-state index contributed by atoms with van der Waals surface area (Å²) in [4.78, 5) is 4.35. The minimum atomic E-state index is 0.644. The van der Waals surface area contributed by atoms with Crippen LogP contribution in [0.25, 0.3) is 0 Å². The summed E-state index contributed by atoms with van der Waals surface area (Å²) in [6.07, 6.45) is 3.73. The fourth-order valence-corrected chi connectivity index (χ4v) is 2.33. The third kappa shape index (κ3) is 4.21. The molecule has 0 aliphatic heterocycles. The number of aromatic nitrogens is 2. The van der Waals surface area contributed by atoms with Crippen LogP contribution in [0.5, 0.6) is 0 Å². The number of benzene rings is 1. The first-order valence-electron chi connectivity index (χ1n) is 6.34. The largest absolute Gasteiger partial charge is 0.383 e. The first-order chi connectivity index (χ1) is 9.70. The molecule has 0 aliphatic carbocycles. The van der Waals surface area contributed by atoms with Gasteiger partial charge in [0.25, 0.3) is 0 Å². The molecule has 4 nitrogen and oxygen atoms in total. The second-order valence-electron chi connectivity index (χ2n) is 4.38. The summed E-state index contributed by atoms with van der Waals surface area (Å²) in [5.74, 6) is 0.965. The zero-order chi connectivity index (χ0) is 14.4.